The molecule has 24 heavy (non-hydrogen) atoms. The second kappa shape index (κ2) is 6.60. The first-order valence-electron chi connectivity index (χ1n) is 8.31. The SMILES string of the molecule is CCC1(C)NC(=O)N(CCCNCc2cccc3cn[nH]c23)C1=O. The van der Waals surface area contributed by atoms with Gasteiger partial charge in [-0.05, 0) is 31.9 Å². The van der Waals surface area contributed by atoms with Crippen LogP contribution in [0.1, 0.15) is 32.3 Å². The number of nitrogens with zero attached hydrogens (tertiary/aromatic N) is 2. The molecule has 0 aliphatic carbocycles. The fraction of sp³-hybridized carbons (Fsp3) is 0.471. The Morgan fingerprint density at radius 1 is 1.33 bits per heavy atom. The van der Waals surface area contributed by atoms with E-state index < -0.39 is 5.54 Å². The van der Waals surface area contributed by atoms with Gasteiger partial charge in [0.05, 0.1) is 11.7 Å². The van der Waals surface area contributed by atoms with Crippen molar-refractivity contribution in [1.82, 2.24) is 25.7 Å². The summed E-state index contributed by atoms with van der Waals surface area (Å²) in [6.07, 6.45) is 3.12. The Balaban J connectivity index is 1.47. The van der Waals surface area contributed by atoms with Gasteiger partial charge in [0.15, 0.2) is 0 Å². The maximum atomic E-state index is 12.3. The van der Waals surface area contributed by atoms with Gasteiger partial charge in [0.25, 0.3) is 5.91 Å². The molecule has 0 saturated carbocycles. The number of rotatable bonds is 7. The molecular formula is C17H23N5O2. The van der Waals surface area contributed by atoms with Crippen molar-refractivity contribution in [2.75, 3.05) is 13.1 Å². The Bertz CT molecular complexity index is 756. The van der Waals surface area contributed by atoms with Crippen molar-refractivity contribution in [3.05, 3.63) is 30.0 Å². The molecule has 1 unspecified atom stereocenters. The third kappa shape index (κ3) is 2.99. The Morgan fingerprint density at radius 2 is 2.17 bits per heavy atom. The molecule has 1 aliphatic rings. The van der Waals surface area contributed by atoms with E-state index in [-0.39, 0.29) is 11.9 Å². The summed E-state index contributed by atoms with van der Waals surface area (Å²) in [5, 5.41) is 14.3. The van der Waals surface area contributed by atoms with Crippen LogP contribution in [0.3, 0.4) is 0 Å². The average Bonchev–Trinajstić information content (AvgIpc) is 3.13. The fourth-order valence-corrected chi connectivity index (χ4v) is 2.95. The largest absolute Gasteiger partial charge is 0.325 e. The van der Waals surface area contributed by atoms with Gasteiger partial charge in [-0.25, -0.2) is 4.79 Å². The highest BCUT2D eigenvalue weighted by atomic mass is 16.2. The molecule has 1 aromatic heterocycles. The molecule has 3 amide bonds. The van der Waals surface area contributed by atoms with E-state index in [0.717, 1.165) is 29.4 Å². The number of nitrogens with one attached hydrogen (secondary N) is 3. The highest BCUT2D eigenvalue weighted by molar-refractivity contribution is 6.06. The van der Waals surface area contributed by atoms with Gasteiger partial charge in [0, 0.05) is 18.5 Å². The predicted molar refractivity (Wildman–Crippen MR) is 91.4 cm³/mol. The normalized spacial score (nSPS) is 20.8. The van der Waals surface area contributed by atoms with Crippen LogP contribution in [0.2, 0.25) is 0 Å². The fourth-order valence-electron chi connectivity index (χ4n) is 2.95. The van der Waals surface area contributed by atoms with Crippen LogP contribution in [0.25, 0.3) is 10.9 Å². The third-order valence-electron chi connectivity index (χ3n) is 4.67. The lowest BCUT2D eigenvalue weighted by atomic mass is 9.99. The molecule has 0 spiro atoms. The highest BCUT2D eigenvalue weighted by Gasteiger charge is 2.45. The average molecular weight is 329 g/mol. The van der Waals surface area contributed by atoms with Gasteiger partial charge in [0.1, 0.15) is 5.54 Å². The molecule has 1 aliphatic heterocycles. The third-order valence-corrected chi connectivity index (χ3v) is 4.67. The first kappa shape index (κ1) is 16.4. The van der Waals surface area contributed by atoms with Crippen LogP contribution in [0.5, 0.6) is 0 Å². The van der Waals surface area contributed by atoms with E-state index in [4.69, 9.17) is 0 Å². The van der Waals surface area contributed by atoms with Crippen molar-refractivity contribution in [1.29, 1.82) is 0 Å². The number of H-pyrrole nitrogens is 1. The number of hydrogen-bond donors (Lipinski definition) is 3. The maximum Gasteiger partial charge on any atom is 0.325 e. The number of benzene rings is 1. The molecule has 1 fully saturated rings. The number of carbonyl (C=O) groups is 2. The summed E-state index contributed by atoms with van der Waals surface area (Å²) < 4.78 is 0. The minimum absolute atomic E-state index is 0.128. The number of aromatic nitrogens is 2. The standard InChI is InChI=1S/C17H23N5O2/c1-3-17(2)15(23)22(16(24)20-17)9-5-8-18-10-12-6-4-7-13-11-19-21-14(12)13/h4,6-7,11,18H,3,5,8-10H2,1-2H3,(H,19,21)(H,20,24). The number of carbonyl (C=O) groups excluding carboxylic acids is 2. The van der Waals surface area contributed by atoms with Gasteiger partial charge < -0.3 is 10.6 Å². The lowest BCUT2D eigenvalue weighted by Crippen LogP contribution is -2.43. The highest BCUT2D eigenvalue weighted by Crippen LogP contribution is 2.20. The van der Waals surface area contributed by atoms with Crippen molar-refractivity contribution in [3.63, 3.8) is 0 Å². The molecule has 3 N–H and O–H groups in total. The van der Waals surface area contributed by atoms with Crippen molar-refractivity contribution in [3.8, 4) is 0 Å². The van der Waals surface area contributed by atoms with Crippen LogP contribution >= 0.6 is 0 Å². The van der Waals surface area contributed by atoms with Crippen LogP contribution in [0.4, 0.5) is 4.79 Å². The molecule has 7 heteroatoms. The van der Waals surface area contributed by atoms with Gasteiger partial charge in [-0.2, -0.15) is 5.10 Å². The summed E-state index contributed by atoms with van der Waals surface area (Å²) in [4.78, 5) is 25.5. The topological polar surface area (TPSA) is 90.1 Å². The summed E-state index contributed by atoms with van der Waals surface area (Å²) in [7, 11) is 0. The zero-order valence-corrected chi connectivity index (χ0v) is 14.1. The van der Waals surface area contributed by atoms with Gasteiger partial charge in [-0.1, -0.05) is 25.1 Å². The van der Waals surface area contributed by atoms with Crippen LogP contribution in [0, 0.1) is 0 Å². The van der Waals surface area contributed by atoms with Crippen molar-refractivity contribution >= 4 is 22.8 Å². The lowest BCUT2D eigenvalue weighted by Gasteiger charge is -2.19. The first-order valence-corrected chi connectivity index (χ1v) is 8.31. The molecule has 3 rings (SSSR count). The van der Waals surface area contributed by atoms with E-state index in [1.807, 2.05) is 19.1 Å². The maximum absolute atomic E-state index is 12.3. The van der Waals surface area contributed by atoms with Gasteiger partial charge in [-0.15, -0.1) is 0 Å². The number of hydrogen-bond acceptors (Lipinski definition) is 4. The quantitative estimate of drug-likeness (QED) is 0.533. The molecule has 128 valence electrons. The predicted octanol–water partition coefficient (Wildman–Crippen LogP) is 1.76. The van der Waals surface area contributed by atoms with E-state index in [0.29, 0.717) is 19.5 Å². The monoisotopic (exact) mass is 329 g/mol. The Kier molecular flexibility index (Phi) is 4.53. The van der Waals surface area contributed by atoms with E-state index >= 15 is 0 Å². The van der Waals surface area contributed by atoms with Crippen LogP contribution in [-0.2, 0) is 11.3 Å². The number of amides is 3. The van der Waals surface area contributed by atoms with Gasteiger partial charge >= 0.3 is 6.03 Å². The van der Waals surface area contributed by atoms with Crippen molar-refractivity contribution in [2.45, 2.75) is 38.8 Å². The molecule has 7 nitrogen and oxygen atoms in total. The minimum Gasteiger partial charge on any atom is -0.323 e. The second-order valence-electron chi connectivity index (χ2n) is 6.35. The molecule has 0 radical (unpaired) electrons. The molecule has 0 bridgehead atoms. The van der Waals surface area contributed by atoms with E-state index in [1.165, 1.54) is 4.90 Å². The van der Waals surface area contributed by atoms with Crippen LogP contribution < -0.4 is 10.6 Å². The Labute approximate surface area is 140 Å². The lowest BCUT2D eigenvalue weighted by molar-refractivity contribution is -0.130. The number of para-hydroxylation sites is 1. The first-order chi connectivity index (χ1) is 11.5. The zero-order valence-electron chi connectivity index (χ0n) is 14.1. The molecule has 1 saturated heterocycles. The van der Waals surface area contributed by atoms with E-state index in [2.05, 4.69) is 26.9 Å². The summed E-state index contributed by atoms with van der Waals surface area (Å²) in [6.45, 7) is 5.55. The van der Waals surface area contributed by atoms with Gasteiger partial charge in [0.2, 0.25) is 0 Å². The minimum atomic E-state index is -0.749. The number of urea groups is 1. The van der Waals surface area contributed by atoms with Crippen LogP contribution in [-0.4, -0.2) is 45.7 Å². The number of fused-ring (bicyclic) bond motifs is 1. The van der Waals surface area contributed by atoms with Gasteiger partial charge in [-0.3, -0.25) is 14.8 Å². The molecule has 1 aromatic carbocycles. The number of imide groups is 1. The Hall–Kier alpha value is -2.41. The zero-order chi connectivity index (χ0) is 17.2. The Morgan fingerprint density at radius 3 is 2.92 bits per heavy atom. The molecule has 2 heterocycles. The molecule has 2 aromatic rings. The molecular weight excluding hydrogens is 306 g/mol. The van der Waals surface area contributed by atoms with E-state index in [9.17, 15) is 9.59 Å². The summed E-state index contributed by atoms with van der Waals surface area (Å²) in [5.41, 5.74) is 1.44. The van der Waals surface area contributed by atoms with Crippen molar-refractivity contribution in [2.24, 2.45) is 0 Å². The summed E-state index contributed by atoms with van der Waals surface area (Å²) in [6, 6.07) is 5.79. The second-order valence-corrected chi connectivity index (χ2v) is 6.35. The van der Waals surface area contributed by atoms with Crippen LogP contribution in [0.15, 0.2) is 24.4 Å². The van der Waals surface area contributed by atoms with Crippen molar-refractivity contribution < 1.29 is 9.59 Å². The summed E-state index contributed by atoms with van der Waals surface area (Å²) in [5.74, 6) is -0.128. The number of aromatic amines is 1. The van der Waals surface area contributed by atoms with E-state index in [1.54, 1.807) is 13.1 Å². The molecule has 1 atom stereocenters. The smallest absolute Gasteiger partial charge is 0.323 e. The summed E-state index contributed by atoms with van der Waals surface area (Å²) >= 11 is 0.